The number of anilines is 1. The number of nitrogens with zero attached hydrogens (tertiary/aromatic N) is 1. The number of hydrogen-bond acceptors (Lipinski definition) is 5. The number of nitrogens with two attached hydrogens (primary N) is 1. The van der Waals surface area contributed by atoms with E-state index in [4.69, 9.17) is 5.73 Å². The number of nitrogens with one attached hydrogen (secondary N) is 2. The Hall–Kier alpha value is -1.14. The van der Waals surface area contributed by atoms with Gasteiger partial charge in [-0.1, -0.05) is 11.3 Å². The molecule has 0 spiro atoms. The van der Waals surface area contributed by atoms with Crippen LogP contribution in [0.4, 0.5) is 5.82 Å². The third-order valence-corrected chi connectivity index (χ3v) is 2.14. The van der Waals surface area contributed by atoms with E-state index in [2.05, 4.69) is 15.3 Å². The largest absolute Gasteiger partial charge is 0.337 e. The minimum atomic E-state index is -0.437. The molecule has 0 fully saturated rings. The Kier molecular flexibility index (Phi) is 1.30. The number of aromatic nitrogens is 1. The van der Waals surface area contributed by atoms with E-state index in [9.17, 15) is 4.79 Å². The maximum Gasteiger partial charge on any atom is 0.306 e. The molecule has 0 aliphatic carbocycles. The first-order valence-electron chi connectivity index (χ1n) is 3.04. The minimum Gasteiger partial charge on any atom is -0.337 e. The average molecular weight is 170 g/mol. The fourth-order valence-electron chi connectivity index (χ4n) is 0.871. The summed E-state index contributed by atoms with van der Waals surface area (Å²) in [6.07, 6.45) is 1.16. The van der Waals surface area contributed by atoms with Crippen LogP contribution in [-0.2, 0) is 0 Å². The van der Waals surface area contributed by atoms with Gasteiger partial charge in [-0.3, -0.25) is 20.5 Å². The smallest absolute Gasteiger partial charge is 0.306 e. The molecule has 6 heteroatoms. The summed E-state index contributed by atoms with van der Waals surface area (Å²) >= 11 is 1.11. The van der Waals surface area contributed by atoms with Crippen LogP contribution in [0.2, 0.25) is 0 Å². The molecule has 0 saturated carbocycles. The first-order valence-corrected chi connectivity index (χ1v) is 3.86. The molecule has 58 valence electrons. The minimum absolute atomic E-state index is 0.0944. The van der Waals surface area contributed by atoms with Crippen LogP contribution in [0.1, 0.15) is 4.88 Å². The van der Waals surface area contributed by atoms with E-state index < -0.39 is 6.29 Å². The van der Waals surface area contributed by atoms with Gasteiger partial charge in [-0.15, -0.1) is 0 Å². The number of hydrogen-bond donors (Lipinski definition) is 3. The SMILES string of the molecule is NC1N=Cc2sc(=O)[nH]c2N1. The molecule has 1 aromatic rings. The second kappa shape index (κ2) is 2.18. The summed E-state index contributed by atoms with van der Waals surface area (Å²) in [5.41, 5.74) is 5.43. The standard InChI is InChI=1S/C5H6N4OS/c6-4-7-1-2-3(8-4)9-5(10)11-2/h1,4,8H,6H2,(H,9,10). The lowest BCUT2D eigenvalue weighted by Crippen LogP contribution is -2.30. The molecule has 5 nitrogen and oxygen atoms in total. The Labute approximate surface area is 66.0 Å². The molecule has 1 aliphatic heterocycles. The Bertz CT molecular complexity index is 352. The highest BCUT2D eigenvalue weighted by Gasteiger charge is 2.12. The molecule has 1 aliphatic rings. The topological polar surface area (TPSA) is 83.3 Å². The van der Waals surface area contributed by atoms with Crippen molar-refractivity contribution in [2.75, 3.05) is 5.32 Å². The molecule has 4 N–H and O–H groups in total. The van der Waals surface area contributed by atoms with Gasteiger partial charge in [0.05, 0.1) is 4.88 Å². The number of fused-ring (bicyclic) bond motifs is 1. The van der Waals surface area contributed by atoms with E-state index in [0.717, 1.165) is 16.2 Å². The fraction of sp³-hybridized carbons (Fsp3) is 0.200. The Balaban J connectivity index is 2.52. The van der Waals surface area contributed by atoms with Crippen LogP contribution >= 0.6 is 11.3 Å². The van der Waals surface area contributed by atoms with Crippen molar-refractivity contribution in [3.05, 3.63) is 14.5 Å². The van der Waals surface area contributed by atoms with Crippen molar-refractivity contribution in [3.8, 4) is 0 Å². The zero-order chi connectivity index (χ0) is 7.84. The molecular formula is C5H6N4OS. The number of aromatic amines is 1. The van der Waals surface area contributed by atoms with Crippen molar-refractivity contribution in [2.24, 2.45) is 10.7 Å². The summed E-state index contributed by atoms with van der Waals surface area (Å²) in [6.45, 7) is 0. The third kappa shape index (κ3) is 1.06. The van der Waals surface area contributed by atoms with Crippen molar-refractivity contribution in [3.63, 3.8) is 0 Å². The molecule has 0 amide bonds. The molecule has 0 saturated heterocycles. The molecule has 0 aromatic carbocycles. The van der Waals surface area contributed by atoms with Crippen molar-refractivity contribution < 1.29 is 0 Å². The first-order chi connectivity index (χ1) is 5.25. The predicted molar refractivity (Wildman–Crippen MR) is 44.1 cm³/mol. The second-order valence-corrected chi connectivity index (χ2v) is 3.14. The number of thiazole rings is 1. The van der Waals surface area contributed by atoms with Crippen LogP contribution in [0.25, 0.3) is 0 Å². The van der Waals surface area contributed by atoms with Crippen molar-refractivity contribution in [2.45, 2.75) is 6.29 Å². The second-order valence-electron chi connectivity index (χ2n) is 2.12. The highest BCUT2D eigenvalue weighted by Crippen LogP contribution is 2.15. The molecular weight excluding hydrogens is 164 g/mol. The maximum absolute atomic E-state index is 10.8. The lowest BCUT2D eigenvalue weighted by molar-refractivity contribution is 0.801. The highest BCUT2D eigenvalue weighted by atomic mass is 32.1. The summed E-state index contributed by atoms with van der Waals surface area (Å²) in [4.78, 5) is 18.0. The number of rotatable bonds is 0. The van der Waals surface area contributed by atoms with Gasteiger partial charge in [-0.2, -0.15) is 0 Å². The van der Waals surface area contributed by atoms with Crippen LogP contribution in [0.15, 0.2) is 9.79 Å². The van der Waals surface area contributed by atoms with Crippen LogP contribution in [0, 0.1) is 0 Å². The Morgan fingerprint density at radius 3 is 3.36 bits per heavy atom. The van der Waals surface area contributed by atoms with E-state index in [0.29, 0.717) is 5.82 Å². The molecule has 11 heavy (non-hydrogen) atoms. The Morgan fingerprint density at radius 1 is 1.73 bits per heavy atom. The normalized spacial score (nSPS) is 21.0. The zero-order valence-corrected chi connectivity index (χ0v) is 6.31. The zero-order valence-electron chi connectivity index (χ0n) is 5.50. The van der Waals surface area contributed by atoms with E-state index >= 15 is 0 Å². The molecule has 2 heterocycles. The summed E-state index contributed by atoms with van der Waals surface area (Å²) in [5, 5.41) is 2.82. The lowest BCUT2D eigenvalue weighted by atomic mass is 10.5. The van der Waals surface area contributed by atoms with Gasteiger partial charge in [0.2, 0.25) is 0 Å². The van der Waals surface area contributed by atoms with Gasteiger partial charge < -0.3 is 5.32 Å². The average Bonchev–Trinajstić information content (AvgIpc) is 2.27. The predicted octanol–water partition coefficient (Wildman–Crippen LogP) is -0.477. The number of H-pyrrole nitrogens is 1. The first kappa shape index (κ1) is 6.56. The molecule has 0 bridgehead atoms. The van der Waals surface area contributed by atoms with Gasteiger partial charge in [-0.25, -0.2) is 0 Å². The molecule has 1 atom stereocenters. The van der Waals surface area contributed by atoms with E-state index in [1.165, 1.54) is 0 Å². The van der Waals surface area contributed by atoms with Crippen molar-refractivity contribution in [1.82, 2.24) is 4.98 Å². The van der Waals surface area contributed by atoms with Crippen LogP contribution in [-0.4, -0.2) is 17.5 Å². The molecule has 1 aromatic heterocycles. The van der Waals surface area contributed by atoms with Gasteiger partial charge in [-0.05, 0) is 0 Å². The third-order valence-electron chi connectivity index (χ3n) is 1.32. The quantitative estimate of drug-likeness (QED) is 0.492. The Morgan fingerprint density at radius 2 is 2.55 bits per heavy atom. The lowest BCUT2D eigenvalue weighted by Gasteiger charge is -2.12. The summed E-state index contributed by atoms with van der Waals surface area (Å²) in [5.74, 6) is 0.669. The maximum atomic E-state index is 10.8. The fourth-order valence-corrected chi connectivity index (χ4v) is 1.55. The van der Waals surface area contributed by atoms with Crippen molar-refractivity contribution in [1.29, 1.82) is 0 Å². The van der Waals surface area contributed by atoms with Gasteiger partial charge in [0.25, 0.3) is 0 Å². The highest BCUT2D eigenvalue weighted by molar-refractivity contribution is 7.11. The summed E-state index contributed by atoms with van der Waals surface area (Å²) < 4.78 is 0. The van der Waals surface area contributed by atoms with Gasteiger partial charge in [0.15, 0.2) is 6.29 Å². The van der Waals surface area contributed by atoms with Gasteiger partial charge in [0.1, 0.15) is 5.82 Å². The van der Waals surface area contributed by atoms with Crippen molar-refractivity contribution >= 4 is 23.4 Å². The van der Waals surface area contributed by atoms with E-state index in [1.54, 1.807) is 6.21 Å². The van der Waals surface area contributed by atoms with Crippen LogP contribution < -0.4 is 15.9 Å². The van der Waals surface area contributed by atoms with E-state index in [1.807, 2.05) is 0 Å². The van der Waals surface area contributed by atoms with Gasteiger partial charge >= 0.3 is 4.87 Å². The molecule has 1 unspecified atom stereocenters. The summed E-state index contributed by atoms with van der Waals surface area (Å²) in [7, 11) is 0. The molecule has 0 radical (unpaired) electrons. The monoisotopic (exact) mass is 170 g/mol. The van der Waals surface area contributed by atoms with Crippen LogP contribution in [0.5, 0.6) is 0 Å². The molecule has 2 rings (SSSR count). The van der Waals surface area contributed by atoms with E-state index in [-0.39, 0.29) is 4.87 Å². The van der Waals surface area contributed by atoms with Crippen LogP contribution in [0.3, 0.4) is 0 Å². The summed E-state index contributed by atoms with van der Waals surface area (Å²) in [6, 6.07) is 0. The van der Waals surface area contributed by atoms with Gasteiger partial charge in [0, 0.05) is 6.21 Å². The number of aliphatic imine (C=N–C) groups is 1.